The molecule has 0 unspecified atom stereocenters. The van der Waals surface area contributed by atoms with Crippen molar-refractivity contribution >= 4 is 29.2 Å². The first-order chi connectivity index (χ1) is 9.61. The van der Waals surface area contributed by atoms with E-state index in [0.717, 1.165) is 5.69 Å². The van der Waals surface area contributed by atoms with Crippen LogP contribution in [0.5, 0.6) is 0 Å². The summed E-state index contributed by atoms with van der Waals surface area (Å²) in [4.78, 5) is 26.9. The third-order valence-corrected chi connectivity index (χ3v) is 3.46. The molecule has 1 saturated heterocycles. The number of esters is 1. The lowest BCUT2D eigenvalue weighted by Crippen LogP contribution is -2.51. The van der Waals surface area contributed by atoms with Crippen LogP contribution < -0.4 is 4.90 Å². The second-order valence-corrected chi connectivity index (χ2v) is 4.91. The van der Waals surface area contributed by atoms with Crippen LogP contribution in [0.25, 0.3) is 0 Å². The molecule has 1 fully saturated rings. The van der Waals surface area contributed by atoms with Gasteiger partial charge in [-0.1, -0.05) is 11.6 Å². The van der Waals surface area contributed by atoms with E-state index in [1.165, 1.54) is 4.90 Å². The Morgan fingerprint density at radius 2 is 1.75 bits per heavy atom. The number of carbonyl (C=O) groups is 2. The minimum Gasteiger partial charge on any atom is -0.459 e. The molecule has 1 amide bonds. The molecule has 1 aromatic rings. The maximum absolute atomic E-state index is 11.8. The van der Waals surface area contributed by atoms with Gasteiger partial charge >= 0.3 is 11.9 Å². The lowest BCUT2D eigenvalue weighted by molar-refractivity contribution is -0.160. The van der Waals surface area contributed by atoms with Gasteiger partial charge in [0.25, 0.3) is 0 Å². The summed E-state index contributed by atoms with van der Waals surface area (Å²) in [6.07, 6.45) is 0. The Labute approximate surface area is 123 Å². The molecule has 0 saturated carbocycles. The number of hydrogen-bond acceptors (Lipinski definition) is 4. The van der Waals surface area contributed by atoms with E-state index in [2.05, 4.69) is 4.90 Å². The Kier molecular flexibility index (Phi) is 4.84. The highest BCUT2D eigenvalue weighted by molar-refractivity contribution is 6.32. The average molecular weight is 297 g/mol. The maximum Gasteiger partial charge on any atom is 0.397 e. The van der Waals surface area contributed by atoms with Gasteiger partial charge in [0.05, 0.1) is 6.61 Å². The summed E-state index contributed by atoms with van der Waals surface area (Å²) < 4.78 is 4.72. The number of hydrogen-bond donors (Lipinski definition) is 0. The number of rotatable bonds is 2. The number of amides is 1. The van der Waals surface area contributed by atoms with Gasteiger partial charge in [0.1, 0.15) is 0 Å². The zero-order valence-corrected chi connectivity index (χ0v) is 12.1. The lowest BCUT2D eigenvalue weighted by Gasteiger charge is -2.35. The summed E-state index contributed by atoms with van der Waals surface area (Å²) in [5.74, 6) is -1.32. The molecule has 0 bridgehead atoms. The number of benzene rings is 1. The molecule has 0 aliphatic carbocycles. The van der Waals surface area contributed by atoms with Gasteiger partial charge in [0.2, 0.25) is 0 Å². The van der Waals surface area contributed by atoms with E-state index in [1.54, 1.807) is 6.92 Å². The van der Waals surface area contributed by atoms with Crippen LogP contribution in [0.3, 0.4) is 0 Å². The van der Waals surface area contributed by atoms with E-state index in [0.29, 0.717) is 31.2 Å². The zero-order valence-electron chi connectivity index (χ0n) is 11.3. The van der Waals surface area contributed by atoms with Gasteiger partial charge in [-0.05, 0) is 31.2 Å². The summed E-state index contributed by atoms with van der Waals surface area (Å²) in [7, 11) is 0. The summed E-state index contributed by atoms with van der Waals surface area (Å²) in [6.45, 7) is 4.30. The lowest BCUT2D eigenvalue weighted by atomic mass is 10.2. The zero-order chi connectivity index (χ0) is 14.5. The average Bonchev–Trinajstić information content (AvgIpc) is 2.48. The fourth-order valence-corrected chi connectivity index (χ4v) is 2.27. The highest BCUT2D eigenvalue weighted by Gasteiger charge is 2.26. The van der Waals surface area contributed by atoms with Crippen LogP contribution in [0, 0.1) is 0 Å². The van der Waals surface area contributed by atoms with Gasteiger partial charge in [-0.15, -0.1) is 0 Å². The highest BCUT2D eigenvalue weighted by atomic mass is 35.5. The van der Waals surface area contributed by atoms with Gasteiger partial charge in [0, 0.05) is 36.9 Å². The Morgan fingerprint density at radius 1 is 1.15 bits per heavy atom. The van der Waals surface area contributed by atoms with Crippen molar-refractivity contribution in [2.75, 3.05) is 37.7 Å². The molecule has 1 heterocycles. The molecule has 6 heteroatoms. The molecule has 1 aliphatic rings. The standard InChI is InChI=1S/C14H17ClN2O3/c1-2-20-14(19)13(18)17-9-7-16(8-10-17)12-5-3-11(15)4-6-12/h3-6H,2,7-10H2,1H3. The predicted octanol–water partition coefficient (Wildman–Crippen LogP) is 1.55. The van der Waals surface area contributed by atoms with E-state index < -0.39 is 11.9 Å². The molecule has 20 heavy (non-hydrogen) atoms. The Hall–Kier alpha value is -1.75. The summed E-state index contributed by atoms with van der Waals surface area (Å²) in [5, 5.41) is 0.699. The summed E-state index contributed by atoms with van der Waals surface area (Å²) in [6, 6.07) is 7.58. The minimum absolute atomic E-state index is 0.218. The molecule has 108 valence electrons. The van der Waals surface area contributed by atoms with Crippen molar-refractivity contribution in [1.29, 1.82) is 0 Å². The number of piperazine rings is 1. The molecule has 2 rings (SSSR count). The summed E-state index contributed by atoms with van der Waals surface area (Å²) in [5.41, 5.74) is 1.07. The van der Waals surface area contributed by atoms with Crippen LogP contribution in [-0.4, -0.2) is 49.6 Å². The van der Waals surface area contributed by atoms with E-state index in [4.69, 9.17) is 16.3 Å². The van der Waals surface area contributed by atoms with Crippen LogP contribution in [0.4, 0.5) is 5.69 Å². The predicted molar refractivity (Wildman–Crippen MR) is 76.9 cm³/mol. The van der Waals surface area contributed by atoms with Crippen LogP contribution in [0.2, 0.25) is 5.02 Å². The van der Waals surface area contributed by atoms with Crippen molar-refractivity contribution in [1.82, 2.24) is 4.90 Å². The van der Waals surface area contributed by atoms with E-state index >= 15 is 0 Å². The van der Waals surface area contributed by atoms with Gasteiger partial charge in [0.15, 0.2) is 0 Å². The van der Waals surface area contributed by atoms with Crippen LogP contribution >= 0.6 is 11.6 Å². The molecular formula is C14H17ClN2O3. The molecule has 0 aromatic heterocycles. The monoisotopic (exact) mass is 296 g/mol. The molecule has 1 aliphatic heterocycles. The number of ether oxygens (including phenoxy) is 1. The first-order valence-electron chi connectivity index (χ1n) is 6.58. The fourth-order valence-electron chi connectivity index (χ4n) is 2.14. The van der Waals surface area contributed by atoms with Crippen molar-refractivity contribution in [2.24, 2.45) is 0 Å². The third-order valence-electron chi connectivity index (χ3n) is 3.21. The van der Waals surface area contributed by atoms with Crippen molar-refractivity contribution in [2.45, 2.75) is 6.92 Å². The minimum atomic E-state index is -0.771. The van der Waals surface area contributed by atoms with Crippen LogP contribution in [-0.2, 0) is 14.3 Å². The first-order valence-corrected chi connectivity index (χ1v) is 6.96. The quantitative estimate of drug-likeness (QED) is 0.614. The largest absolute Gasteiger partial charge is 0.459 e. The molecule has 5 nitrogen and oxygen atoms in total. The van der Waals surface area contributed by atoms with Gasteiger partial charge in [-0.2, -0.15) is 0 Å². The topological polar surface area (TPSA) is 49.9 Å². The number of carbonyl (C=O) groups excluding carboxylic acids is 2. The first kappa shape index (κ1) is 14.7. The molecular weight excluding hydrogens is 280 g/mol. The highest BCUT2D eigenvalue weighted by Crippen LogP contribution is 2.19. The number of nitrogens with zero attached hydrogens (tertiary/aromatic N) is 2. The maximum atomic E-state index is 11.8. The fraction of sp³-hybridized carbons (Fsp3) is 0.429. The van der Waals surface area contributed by atoms with Crippen molar-refractivity contribution < 1.29 is 14.3 Å². The Morgan fingerprint density at radius 3 is 2.30 bits per heavy atom. The van der Waals surface area contributed by atoms with E-state index in [-0.39, 0.29) is 6.61 Å². The number of halogens is 1. The second-order valence-electron chi connectivity index (χ2n) is 4.48. The van der Waals surface area contributed by atoms with E-state index in [1.807, 2.05) is 24.3 Å². The number of anilines is 1. The van der Waals surface area contributed by atoms with Crippen LogP contribution in [0.15, 0.2) is 24.3 Å². The van der Waals surface area contributed by atoms with Crippen molar-refractivity contribution in [3.63, 3.8) is 0 Å². The third kappa shape index (κ3) is 3.42. The Balaban J connectivity index is 1.90. The molecule has 1 aromatic carbocycles. The molecule has 0 radical (unpaired) electrons. The SMILES string of the molecule is CCOC(=O)C(=O)N1CCN(c2ccc(Cl)cc2)CC1. The van der Waals surface area contributed by atoms with Crippen molar-refractivity contribution in [3.05, 3.63) is 29.3 Å². The summed E-state index contributed by atoms with van der Waals surface area (Å²) >= 11 is 5.86. The normalized spacial score (nSPS) is 15.1. The van der Waals surface area contributed by atoms with Gasteiger partial charge < -0.3 is 14.5 Å². The smallest absolute Gasteiger partial charge is 0.397 e. The molecule has 0 N–H and O–H groups in total. The van der Waals surface area contributed by atoms with Crippen molar-refractivity contribution in [3.8, 4) is 0 Å². The molecule has 0 spiro atoms. The Bertz CT molecular complexity index is 482. The van der Waals surface area contributed by atoms with Gasteiger partial charge in [-0.3, -0.25) is 4.79 Å². The van der Waals surface area contributed by atoms with E-state index in [9.17, 15) is 9.59 Å². The molecule has 0 atom stereocenters. The van der Waals surface area contributed by atoms with Crippen LogP contribution in [0.1, 0.15) is 6.92 Å². The van der Waals surface area contributed by atoms with Gasteiger partial charge in [-0.25, -0.2) is 4.79 Å². The second kappa shape index (κ2) is 6.61.